The standard InChI is InChI=1S/C16H27N3O2/c1-4-9-21-16-14(12(2)18-19(16)3)10-17-11-15(20)13-7-5-6-8-13/h4,13,15,17,20H,1,5-11H2,2-3H3. The first-order valence-corrected chi connectivity index (χ1v) is 7.78. The zero-order chi connectivity index (χ0) is 15.2. The van der Waals surface area contributed by atoms with Crippen LogP contribution in [0.1, 0.15) is 36.9 Å². The van der Waals surface area contributed by atoms with Crippen molar-refractivity contribution in [2.45, 2.75) is 45.3 Å². The third-order valence-corrected chi connectivity index (χ3v) is 4.23. The van der Waals surface area contributed by atoms with Crippen LogP contribution in [-0.2, 0) is 13.6 Å². The quantitative estimate of drug-likeness (QED) is 0.719. The van der Waals surface area contributed by atoms with Gasteiger partial charge >= 0.3 is 0 Å². The maximum Gasteiger partial charge on any atom is 0.216 e. The lowest BCUT2D eigenvalue weighted by Crippen LogP contribution is -2.31. The summed E-state index contributed by atoms with van der Waals surface area (Å²) in [5.74, 6) is 1.24. The second-order valence-electron chi connectivity index (χ2n) is 5.84. The van der Waals surface area contributed by atoms with Gasteiger partial charge in [0.25, 0.3) is 0 Å². The molecule has 0 radical (unpaired) electrons. The van der Waals surface area contributed by atoms with Gasteiger partial charge < -0.3 is 15.2 Å². The van der Waals surface area contributed by atoms with Crippen molar-refractivity contribution < 1.29 is 9.84 Å². The highest BCUT2D eigenvalue weighted by Gasteiger charge is 2.23. The molecule has 2 N–H and O–H groups in total. The largest absolute Gasteiger partial charge is 0.473 e. The van der Waals surface area contributed by atoms with Crippen molar-refractivity contribution in [2.75, 3.05) is 13.2 Å². The van der Waals surface area contributed by atoms with Crippen molar-refractivity contribution in [3.63, 3.8) is 0 Å². The van der Waals surface area contributed by atoms with E-state index in [1.165, 1.54) is 12.8 Å². The fourth-order valence-electron chi connectivity index (χ4n) is 3.06. The van der Waals surface area contributed by atoms with Gasteiger partial charge in [-0.25, -0.2) is 4.68 Å². The smallest absolute Gasteiger partial charge is 0.216 e. The number of nitrogens with one attached hydrogen (secondary N) is 1. The number of rotatable bonds is 8. The van der Waals surface area contributed by atoms with Gasteiger partial charge in [-0.2, -0.15) is 5.10 Å². The molecule has 1 heterocycles. The summed E-state index contributed by atoms with van der Waals surface area (Å²) in [4.78, 5) is 0. The summed E-state index contributed by atoms with van der Waals surface area (Å²) >= 11 is 0. The van der Waals surface area contributed by atoms with Crippen LogP contribution in [0, 0.1) is 12.8 Å². The Balaban J connectivity index is 1.88. The third-order valence-electron chi connectivity index (χ3n) is 4.23. The van der Waals surface area contributed by atoms with Crippen molar-refractivity contribution in [3.05, 3.63) is 23.9 Å². The number of nitrogens with zero attached hydrogens (tertiary/aromatic N) is 2. The van der Waals surface area contributed by atoms with Crippen molar-refractivity contribution >= 4 is 0 Å². The number of hydrogen-bond acceptors (Lipinski definition) is 4. The molecule has 118 valence electrons. The lowest BCUT2D eigenvalue weighted by atomic mass is 10.0. The minimum absolute atomic E-state index is 0.248. The number of aryl methyl sites for hydroxylation is 2. The first-order chi connectivity index (χ1) is 10.1. The predicted octanol–water partition coefficient (Wildman–Crippen LogP) is 1.93. The molecule has 21 heavy (non-hydrogen) atoms. The van der Waals surface area contributed by atoms with Crippen LogP contribution in [0.4, 0.5) is 0 Å². The molecule has 0 saturated heterocycles. The molecule has 1 aromatic heterocycles. The van der Waals surface area contributed by atoms with E-state index in [2.05, 4.69) is 17.0 Å². The van der Waals surface area contributed by atoms with E-state index in [1.54, 1.807) is 10.8 Å². The molecule has 0 spiro atoms. The molecule has 5 nitrogen and oxygen atoms in total. The van der Waals surface area contributed by atoms with E-state index in [-0.39, 0.29) is 6.10 Å². The first kappa shape index (κ1) is 16.0. The Morgan fingerprint density at radius 2 is 2.24 bits per heavy atom. The Morgan fingerprint density at radius 3 is 2.90 bits per heavy atom. The van der Waals surface area contributed by atoms with Gasteiger partial charge in [0.2, 0.25) is 5.88 Å². The van der Waals surface area contributed by atoms with Crippen LogP contribution >= 0.6 is 0 Å². The molecule has 0 aromatic carbocycles. The maximum atomic E-state index is 10.2. The van der Waals surface area contributed by atoms with E-state index in [0.717, 1.165) is 30.0 Å². The lowest BCUT2D eigenvalue weighted by molar-refractivity contribution is 0.109. The van der Waals surface area contributed by atoms with Gasteiger partial charge in [-0.05, 0) is 25.7 Å². The minimum Gasteiger partial charge on any atom is -0.473 e. The van der Waals surface area contributed by atoms with E-state index >= 15 is 0 Å². The average Bonchev–Trinajstić information content (AvgIpc) is 3.06. The average molecular weight is 293 g/mol. The molecule has 5 heteroatoms. The van der Waals surface area contributed by atoms with Gasteiger partial charge in [-0.15, -0.1) is 0 Å². The second-order valence-corrected chi connectivity index (χ2v) is 5.84. The van der Waals surface area contributed by atoms with Gasteiger partial charge in [0.1, 0.15) is 6.61 Å². The van der Waals surface area contributed by atoms with E-state index in [1.807, 2.05) is 14.0 Å². The Hall–Kier alpha value is -1.33. The SMILES string of the molecule is C=CCOc1c(CNCC(O)C2CCCC2)c(C)nn1C. The van der Waals surface area contributed by atoms with Crippen LogP contribution in [0.15, 0.2) is 12.7 Å². The van der Waals surface area contributed by atoms with Crippen molar-refractivity contribution in [1.82, 2.24) is 15.1 Å². The highest BCUT2D eigenvalue weighted by Crippen LogP contribution is 2.27. The van der Waals surface area contributed by atoms with E-state index in [0.29, 0.717) is 25.6 Å². The predicted molar refractivity (Wildman–Crippen MR) is 83.3 cm³/mol. The van der Waals surface area contributed by atoms with Crippen molar-refractivity contribution in [1.29, 1.82) is 0 Å². The van der Waals surface area contributed by atoms with E-state index in [9.17, 15) is 5.11 Å². The molecule has 0 amide bonds. The molecular formula is C16H27N3O2. The van der Waals surface area contributed by atoms with Crippen LogP contribution in [0.5, 0.6) is 5.88 Å². The molecule has 1 saturated carbocycles. The van der Waals surface area contributed by atoms with Gasteiger partial charge in [0.15, 0.2) is 0 Å². The Morgan fingerprint density at radius 1 is 1.52 bits per heavy atom. The topological polar surface area (TPSA) is 59.3 Å². The Kier molecular flexibility index (Phi) is 5.82. The number of ether oxygens (including phenoxy) is 1. The zero-order valence-electron chi connectivity index (χ0n) is 13.1. The minimum atomic E-state index is -0.248. The lowest BCUT2D eigenvalue weighted by Gasteiger charge is -2.18. The van der Waals surface area contributed by atoms with E-state index in [4.69, 9.17) is 4.74 Å². The van der Waals surface area contributed by atoms with Crippen molar-refractivity contribution in [3.8, 4) is 5.88 Å². The van der Waals surface area contributed by atoms with Crippen molar-refractivity contribution in [2.24, 2.45) is 13.0 Å². The monoisotopic (exact) mass is 293 g/mol. The van der Waals surface area contributed by atoms with Crippen LogP contribution < -0.4 is 10.1 Å². The number of hydrogen-bond donors (Lipinski definition) is 2. The summed E-state index contributed by atoms with van der Waals surface area (Å²) in [5, 5.41) is 17.9. The summed E-state index contributed by atoms with van der Waals surface area (Å²) < 4.78 is 7.43. The number of aromatic nitrogens is 2. The summed E-state index contributed by atoms with van der Waals surface area (Å²) in [7, 11) is 1.88. The molecule has 0 aliphatic heterocycles. The first-order valence-electron chi connectivity index (χ1n) is 7.78. The van der Waals surface area contributed by atoms with Gasteiger partial charge in [0, 0.05) is 20.1 Å². The normalized spacial score (nSPS) is 17.1. The van der Waals surface area contributed by atoms with Gasteiger partial charge in [-0.3, -0.25) is 0 Å². The highest BCUT2D eigenvalue weighted by molar-refractivity contribution is 5.31. The third kappa shape index (κ3) is 4.08. The molecule has 1 atom stereocenters. The molecule has 1 aliphatic carbocycles. The molecule has 1 aliphatic rings. The summed E-state index contributed by atoms with van der Waals surface area (Å²) in [6.45, 7) is 7.40. The summed E-state index contributed by atoms with van der Waals surface area (Å²) in [6.07, 6.45) is 6.29. The number of aliphatic hydroxyl groups excluding tert-OH is 1. The fourth-order valence-corrected chi connectivity index (χ4v) is 3.06. The van der Waals surface area contributed by atoms with Crippen LogP contribution in [0.3, 0.4) is 0 Å². The van der Waals surface area contributed by atoms with Crippen LogP contribution in [0.25, 0.3) is 0 Å². The zero-order valence-corrected chi connectivity index (χ0v) is 13.1. The Labute approximate surface area is 127 Å². The van der Waals surface area contributed by atoms with Crippen LogP contribution in [0.2, 0.25) is 0 Å². The molecule has 1 unspecified atom stereocenters. The van der Waals surface area contributed by atoms with E-state index < -0.39 is 0 Å². The molecule has 2 rings (SSSR count). The van der Waals surface area contributed by atoms with Gasteiger partial charge in [-0.1, -0.05) is 25.5 Å². The highest BCUT2D eigenvalue weighted by atomic mass is 16.5. The molecular weight excluding hydrogens is 266 g/mol. The Bertz CT molecular complexity index is 464. The summed E-state index contributed by atoms with van der Waals surface area (Å²) in [5.41, 5.74) is 2.01. The molecule has 1 fully saturated rings. The maximum absolute atomic E-state index is 10.2. The number of aliphatic hydroxyl groups is 1. The fraction of sp³-hybridized carbons (Fsp3) is 0.688. The van der Waals surface area contributed by atoms with Gasteiger partial charge in [0.05, 0.1) is 17.4 Å². The molecule has 0 bridgehead atoms. The molecule has 1 aromatic rings. The summed E-state index contributed by atoms with van der Waals surface area (Å²) in [6, 6.07) is 0. The second kappa shape index (κ2) is 7.61. The van der Waals surface area contributed by atoms with Crippen LogP contribution in [-0.4, -0.2) is 34.1 Å².